The second kappa shape index (κ2) is 7.73. The second-order valence-corrected chi connectivity index (χ2v) is 6.70. The average Bonchev–Trinajstić information content (AvgIpc) is 2.54. The highest BCUT2D eigenvalue weighted by molar-refractivity contribution is 5.99. The van der Waals surface area contributed by atoms with Crippen molar-refractivity contribution in [1.29, 1.82) is 0 Å². The first-order chi connectivity index (χ1) is 10.9. The van der Waals surface area contributed by atoms with Gasteiger partial charge < -0.3 is 10.0 Å². The second-order valence-electron chi connectivity index (χ2n) is 6.70. The number of hydrogen-bond donors (Lipinski definition) is 1. The molecule has 23 heavy (non-hydrogen) atoms. The standard InChI is InChI=1S/C19H27NO3/c1-13-4-5-14(2)17(12-13)18(22)6-7-19(23)20-10-8-16(9-11-20)15(3)21/h4-5,12,15-16,21H,6-11H2,1-3H3/t15-/m1/s1. The van der Waals surface area contributed by atoms with Gasteiger partial charge in [0.05, 0.1) is 6.10 Å². The zero-order valence-electron chi connectivity index (χ0n) is 14.3. The van der Waals surface area contributed by atoms with Gasteiger partial charge in [0, 0.05) is 31.5 Å². The number of carbonyl (C=O) groups excluding carboxylic acids is 2. The lowest BCUT2D eigenvalue weighted by Gasteiger charge is -2.33. The molecule has 4 nitrogen and oxygen atoms in total. The molecular weight excluding hydrogens is 290 g/mol. The Morgan fingerprint density at radius 2 is 1.87 bits per heavy atom. The molecule has 0 spiro atoms. The molecule has 1 aliphatic heterocycles. The Bertz CT molecular complexity index is 572. The Kier molecular flexibility index (Phi) is 5.94. The molecule has 1 aromatic rings. The fraction of sp³-hybridized carbons (Fsp3) is 0.579. The van der Waals surface area contributed by atoms with E-state index in [-0.39, 0.29) is 36.6 Å². The third-order valence-corrected chi connectivity index (χ3v) is 4.83. The van der Waals surface area contributed by atoms with Crippen LogP contribution in [0.5, 0.6) is 0 Å². The van der Waals surface area contributed by atoms with Crippen molar-refractivity contribution in [3.63, 3.8) is 0 Å². The maximum Gasteiger partial charge on any atom is 0.223 e. The van der Waals surface area contributed by atoms with Gasteiger partial charge >= 0.3 is 0 Å². The molecule has 1 aliphatic rings. The Balaban J connectivity index is 1.85. The Labute approximate surface area is 138 Å². The predicted molar refractivity (Wildman–Crippen MR) is 90.5 cm³/mol. The molecule has 0 aliphatic carbocycles. The van der Waals surface area contributed by atoms with E-state index in [1.807, 2.05) is 43.9 Å². The maximum absolute atomic E-state index is 12.3. The summed E-state index contributed by atoms with van der Waals surface area (Å²) in [5.41, 5.74) is 2.75. The fourth-order valence-electron chi connectivity index (χ4n) is 3.18. The first-order valence-corrected chi connectivity index (χ1v) is 8.44. The molecule has 1 aromatic carbocycles. The molecule has 1 atom stereocenters. The van der Waals surface area contributed by atoms with E-state index in [2.05, 4.69) is 0 Å². The van der Waals surface area contributed by atoms with Crippen molar-refractivity contribution < 1.29 is 14.7 Å². The number of hydrogen-bond acceptors (Lipinski definition) is 3. The van der Waals surface area contributed by atoms with Gasteiger partial charge in [0.25, 0.3) is 0 Å². The van der Waals surface area contributed by atoms with Gasteiger partial charge in [-0.3, -0.25) is 9.59 Å². The normalized spacial score (nSPS) is 17.1. The SMILES string of the molecule is Cc1ccc(C)c(C(=O)CCC(=O)N2CCC([C@@H](C)O)CC2)c1. The summed E-state index contributed by atoms with van der Waals surface area (Å²) in [6.07, 6.45) is 1.91. The van der Waals surface area contributed by atoms with Crippen molar-refractivity contribution in [3.05, 3.63) is 34.9 Å². The van der Waals surface area contributed by atoms with Gasteiger partial charge in [0.2, 0.25) is 5.91 Å². The molecule has 0 radical (unpaired) electrons. The van der Waals surface area contributed by atoms with E-state index < -0.39 is 0 Å². The van der Waals surface area contributed by atoms with E-state index in [4.69, 9.17) is 0 Å². The summed E-state index contributed by atoms with van der Waals surface area (Å²) in [5.74, 6) is 0.377. The molecule has 4 heteroatoms. The molecule has 1 fully saturated rings. The number of benzene rings is 1. The third-order valence-electron chi connectivity index (χ3n) is 4.83. The van der Waals surface area contributed by atoms with Crippen molar-refractivity contribution in [1.82, 2.24) is 4.90 Å². The molecular formula is C19H27NO3. The number of rotatable bonds is 5. The number of aryl methyl sites for hydroxylation is 2. The van der Waals surface area contributed by atoms with Gasteiger partial charge in [0.15, 0.2) is 5.78 Å². The summed E-state index contributed by atoms with van der Waals surface area (Å²) >= 11 is 0. The number of aliphatic hydroxyl groups excluding tert-OH is 1. The lowest BCUT2D eigenvalue weighted by Crippen LogP contribution is -2.40. The van der Waals surface area contributed by atoms with Crippen molar-refractivity contribution in [2.24, 2.45) is 5.92 Å². The van der Waals surface area contributed by atoms with Crippen LogP contribution in [0, 0.1) is 19.8 Å². The highest BCUT2D eigenvalue weighted by atomic mass is 16.3. The van der Waals surface area contributed by atoms with Crippen LogP contribution in [0.1, 0.15) is 54.1 Å². The lowest BCUT2D eigenvalue weighted by molar-refractivity contribution is -0.133. The number of aliphatic hydroxyl groups is 1. The molecule has 1 N–H and O–H groups in total. The molecule has 1 amide bonds. The monoisotopic (exact) mass is 317 g/mol. The van der Waals surface area contributed by atoms with Crippen LogP contribution in [-0.4, -0.2) is 40.9 Å². The zero-order valence-corrected chi connectivity index (χ0v) is 14.3. The molecule has 0 aromatic heterocycles. The molecule has 1 saturated heterocycles. The van der Waals surface area contributed by atoms with Crippen LogP contribution in [0.3, 0.4) is 0 Å². The number of nitrogens with zero attached hydrogens (tertiary/aromatic N) is 1. The first kappa shape index (κ1) is 17.7. The number of piperidine rings is 1. The van der Waals surface area contributed by atoms with Gasteiger partial charge in [-0.1, -0.05) is 17.7 Å². The highest BCUT2D eigenvalue weighted by Crippen LogP contribution is 2.21. The molecule has 2 rings (SSSR count). The van der Waals surface area contributed by atoms with Crippen molar-refractivity contribution in [2.75, 3.05) is 13.1 Å². The Morgan fingerprint density at radius 1 is 1.22 bits per heavy atom. The van der Waals surface area contributed by atoms with Crippen LogP contribution >= 0.6 is 0 Å². The number of carbonyl (C=O) groups is 2. The van der Waals surface area contributed by atoms with Gasteiger partial charge in [0.1, 0.15) is 0 Å². The highest BCUT2D eigenvalue weighted by Gasteiger charge is 2.25. The van der Waals surface area contributed by atoms with Gasteiger partial charge in [-0.15, -0.1) is 0 Å². The smallest absolute Gasteiger partial charge is 0.223 e. The van der Waals surface area contributed by atoms with Crippen LogP contribution in [-0.2, 0) is 4.79 Å². The molecule has 0 bridgehead atoms. The summed E-state index contributed by atoms with van der Waals surface area (Å²) in [6, 6.07) is 5.84. The van der Waals surface area contributed by atoms with Crippen LogP contribution in [0.4, 0.5) is 0 Å². The fourth-order valence-corrected chi connectivity index (χ4v) is 3.18. The van der Waals surface area contributed by atoms with Crippen molar-refractivity contribution in [3.8, 4) is 0 Å². The molecule has 0 unspecified atom stereocenters. The summed E-state index contributed by atoms with van der Waals surface area (Å²) in [5, 5.41) is 9.60. The van der Waals surface area contributed by atoms with Crippen LogP contribution < -0.4 is 0 Å². The Morgan fingerprint density at radius 3 is 2.48 bits per heavy atom. The van der Waals surface area contributed by atoms with E-state index in [0.717, 1.165) is 29.5 Å². The van der Waals surface area contributed by atoms with E-state index in [9.17, 15) is 14.7 Å². The summed E-state index contributed by atoms with van der Waals surface area (Å²) in [4.78, 5) is 26.4. The molecule has 126 valence electrons. The largest absolute Gasteiger partial charge is 0.393 e. The first-order valence-electron chi connectivity index (χ1n) is 8.44. The minimum atomic E-state index is -0.307. The lowest BCUT2D eigenvalue weighted by atomic mass is 9.92. The Hall–Kier alpha value is -1.68. The van der Waals surface area contributed by atoms with E-state index in [1.165, 1.54) is 0 Å². The average molecular weight is 317 g/mol. The van der Waals surface area contributed by atoms with Crippen LogP contribution in [0.15, 0.2) is 18.2 Å². The number of likely N-dealkylation sites (tertiary alicyclic amines) is 1. The maximum atomic E-state index is 12.3. The minimum absolute atomic E-state index is 0.0402. The minimum Gasteiger partial charge on any atom is -0.393 e. The topological polar surface area (TPSA) is 57.6 Å². The molecule has 0 saturated carbocycles. The van der Waals surface area contributed by atoms with E-state index in [0.29, 0.717) is 13.1 Å². The number of amides is 1. The van der Waals surface area contributed by atoms with Crippen LogP contribution in [0.2, 0.25) is 0 Å². The number of ketones is 1. The zero-order chi connectivity index (χ0) is 17.0. The summed E-state index contributed by atoms with van der Waals surface area (Å²) in [6.45, 7) is 7.08. The van der Waals surface area contributed by atoms with Gasteiger partial charge in [-0.05, 0) is 51.2 Å². The van der Waals surface area contributed by atoms with E-state index in [1.54, 1.807) is 0 Å². The number of Topliss-reactive ketones (excluding diaryl/α,β-unsaturated/α-hetero) is 1. The van der Waals surface area contributed by atoms with Crippen LogP contribution in [0.25, 0.3) is 0 Å². The predicted octanol–water partition coefficient (Wildman–Crippen LogP) is 2.89. The quantitative estimate of drug-likeness (QED) is 0.850. The van der Waals surface area contributed by atoms with Gasteiger partial charge in [-0.25, -0.2) is 0 Å². The van der Waals surface area contributed by atoms with Gasteiger partial charge in [-0.2, -0.15) is 0 Å². The summed E-state index contributed by atoms with van der Waals surface area (Å²) in [7, 11) is 0. The summed E-state index contributed by atoms with van der Waals surface area (Å²) < 4.78 is 0. The third kappa shape index (κ3) is 4.64. The van der Waals surface area contributed by atoms with E-state index >= 15 is 0 Å². The van der Waals surface area contributed by atoms with Crippen molar-refractivity contribution in [2.45, 2.75) is 52.6 Å². The molecule has 1 heterocycles. The van der Waals surface area contributed by atoms with Crippen molar-refractivity contribution >= 4 is 11.7 Å².